The molecule has 0 unspecified atom stereocenters. The SMILES string of the molecule is CC/C=C(\CCCC)c1ccc(N(CC)C(=O)c2c(N)ncnc2OC)cc1. The van der Waals surface area contributed by atoms with Crippen molar-refractivity contribution >= 4 is 23.0 Å². The van der Waals surface area contributed by atoms with Gasteiger partial charge in [0.25, 0.3) is 5.91 Å². The lowest BCUT2D eigenvalue weighted by Gasteiger charge is -2.22. The van der Waals surface area contributed by atoms with Crippen LogP contribution in [0.1, 0.15) is 62.4 Å². The molecule has 0 aliphatic carbocycles. The molecule has 0 fully saturated rings. The summed E-state index contributed by atoms with van der Waals surface area (Å²) in [6.07, 6.45) is 7.97. The number of methoxy groups -OCH3 is 1. The molecule has 1 aromatic carbocycles. The highest BCUT2D eigenvalue weighted by Crippen LogP contribution is 2.27. The van der Waals surface area contributed by atoms with Gasteiger partial charge in [0.2, 0.25) is 5.88 Å². The van der Waals surface area contributed by atoms with Crippen LogP contribution in [0.5, 0.6) is 5.88 Å². The molecule has 2 N–H and O–H groups in total. The van der Waals surface area contributed by atoms with Gasteiger partial charge in [-0.1, -0.05) is 38.5 Å². The molecule has 0 aliphatic heterocycles. The lowest BCUT2D eigenvalue weighted by molar-refractivity contribution is 0.0985. The maximum atomic E-state index is 13.1. The highest BCUT2D eigenvalue weighted by atomic mass is 16.5. The molecule has 0 radical (unpaired) electrons. The van der Waals surface area contributed by atoms with Gasteiger partial charge in [0.1, 0.15) is 17.7 Å². The summed E-state index contributed by atoms with van der Waals surface area (Å²) in [5.41, 5.74) is 9.46. The number of benzene rings is 1. The summed E-state index contributed by atoms with van der Waals surface area (Å²) in [6.45, 7) is 6.76. The molecular weight excluding hydrogens is 352 g/mol. The Labute approximate surface area is 167 Å². The number of unbranched alkanes of at least 4 members (excludes halogenated alkanes) is 1. The van der Waals surface area contributed by atoms with Crippen molar-refractivity contribution in [3.8, 4) is 5.88 Å². The first-order valence-corrected chi connectivity index (χ1v) is 9.83. The maximum Gasteiger partial charge on any atom is 0.267 e. The number of anilines is 2. The molecule has 0 aliphatic rings. The van der Waals surface area contributed by atoms with Crippen molar-refractivity contribution in [1.29, 1.82) is 0 Å². The average molecular weight is 383 g/mol. The Hall–Kier alpha value is -2.89. The van der Waals surface area contributed by atoms with Gasteiger partial charge in [-0.2, -0.15) is 0 Å². The number of ether oxygens (including phenoxy) is 1. The van der Waals surface area contributed by atoms with Crippen molar-refractivity contribution in [3.63, 3.8) is 0 Å². The molecular formula is C22H30N4O2. The molecule has 0 spiro atoms. The first-order valence-electron chi connectivity index (χ1n) is 9.83. The number of carbonyl (C=O) groups excluding carboxylic acids is 1. The highest BCUT2D eigenvalue weighted by Gasteiger charge is 2.24. The van der Waals surface area contributed by atoms with Crippen LogP contribution < -0.4 is 15.4 Å². The fourth-order valence-electron chi connectivity index (χ4n) is 3.15. The minimum Gasteiger partial charge on any atom is -0.480 e. The minimum atomic E-state index is -0.277. The fourth-order valence-corrected chi connectivity index (χ4v) is 3.15. The molecule has 150 valence electrons. The van der Waals surface area contributed by atoms with E-state index < -0.39 is 0 Å². The number of carbonyl (C=O) groups is 1. The maximum absolute atomic E-state index is 13.1. The van der Waals surface area contributed by atoms with E-state index in [0.29, 0.717) is 6.54 Å². The fraction of sp³-hybridized carbons (Fsp3) is 0.409. The van der Waals surface area contributed by atoms with E-state index in [0.717, 1.165) is 18.5 Å². The summed E-state index contributed by atoms with van der Waals surface area (Å²) >= 11 is 0. The summed E-state index contributed by atoms with van der Waals surface area (Å²) in [5, 5.41) is 0. The van der Waals surface area contributed by atoms with Gasteiger partial charge >= 0.3 is 0 Å². The Kier molecular flexibility index (Phi) is 7.99. The predicted molar refractivity (Wildman–Crippen MR) is 115 cm³/mol. The summed E-state index contributed by atoms with van der Waals surface area (Å²) in [6, 6.07) is 8.09. The normalized spacial score (nSPS) is 11.4. The lowest BCUT2D eigenvalue weighted by atomic mass is 9.99. The second kappa shape index (κ2) is 10.4. The second-order valence-electron chi connectivity index (χ2n) is 6.48. The van der Waals surface area contributed by atoms with Crippen molar-refractivity contribution < 1.29 is 9.53 Å². The van der Waals surface area contributed by atoms with E-state index in [1.165, 1.54) is 37.4 Å². The van der Waals surface area contributed by atoms with Crippen LogP contribution >= 0.6 is 0 Å². The first-order chi connectivity index (χ1) is 13.6. The third-order valence-electron chi connectivity index (χ3n) is 4.61. The molecule has 6 heteroatoms. The van der Waals surface area contributed by atoms with Crippen molar-refractivity contribution in [2.75, 3.05) is 24.3 Å². The van der Waals surface area contributed by atoms with Gasteiger partial charge in [-0.25, -0.2) is 9.97 Å². The number of hydrogen-bond donors (Lipinski definition) is 1. The molecule has 1 heterocycles. The summed E-state index contributed by atoms with van der Waals surface area (Å²) in [5.74, 6) is 0.0143. The van der Waals surface area contributed by atoms with Crippen molar-refractivity contribution in [2.45, 2.75) is 46.5 Å². The van der Waals surface area contributed by atoms with Gasteiger partial charge in [0, 0.05) is 12.2 Å². The van der Waals surface area contributed by atoms with Crippen LogP contribution in [0.2, 0.25) is 0 Å². The van der Waals surface area contributed by atoms with Gasteiger partial charge in [-0.3, -0.25) is 4.79 Å². The van der Waals surface area contributed by atoms with Crippen molar-refractivity contribution in [1.82, 2.24) is 9.97 Å². The zero-order valence-corrected chi connectivity index (χ0v) is 17.2. The third-order valence-corrected chi connectivity index (χ3v) is 4.61. The summed E-state index contributed by atoms with van der Waals surface area (Å²) in [7, 11) is 1.46. The largest absolute Gasteiger partial charge is 0.480 e. The van der Waals surface area contributed by atoms with Crippen LogP contribution in [0.25, 0.3) is 5.57 Å². The molecule has 0 atom stereocenters. The number of aromatic nitrogens is 2. The molecule has 0 bridgehead atoms. The van der Waals surface area contributed by atoms with E-state index >= 15 is 0 Å². The number of rotatable bonds is 9. The number of nitrogens with two attached hydrogens (primary N) is 1. The third kappa shape index (κ3) is 4.88. The Morgan fingerprint density at radius 1 is 1.18 bits per heavy atom. The molecule has 28 heavy (non-hydrogen) atoms. The Bertz CT molecular complexity index is 816. The van der Waals surface area contributed by atoms with E-state index in [1.54, 1.807) is 4.90 Å². The van der Waals surface area contributed by atoms with E-state index in [4.69, 9.17) is 10.5 Å². The average Bonchev–Trinajstić information content (AvgIpc) is 2.71. The summed E-state index contributed by atoms with van der Waals surface area (Å²) < 4.78 is 5.21. The zero-order valence-electron chi connectivity index (χ0n) is 17.2. The molecule has 0 saturated carbocycles. The van der Waals surface area contributed by atoms with Crippen molar-refractivity contribution in [2.24, 2.45) is 0 Å². The van der Waals surface area contributed by atoms with Gasteiger partial charge in [0.05, 0.1) is 7.11 Å². The smallest absolute Gasteiger partial charge is 0.267 e. The summed E-state index contributed by atoms with van der Waals surface area (Å²) in [4.78, 5) is 22.7. The van der Waals surface area contributed by atoms with Gasteiger partial charge < -0.3 is 15.4 Å². The molecule has 2 rings (SSSR count). The molecule has 0 saturated heterocycles. The quantitative estimate of drug-likeness (QED) is 0.679. The Morgan fingerprint density at radius 2 is 1.89 bits per heavy atom. The first kappa shape index (κ1) is 21.4. The van der Waals surface area contributed by atoms with Crippen LogP contribution in [-0.2, 0) is 0 Å². The number of hydrogen-bond acceptors (Lipinski definition) is 5. The zero-order chi connectivity index (χ0) is 20.5. The van der Waals surface area contributed by atoms with Crippen LogP contribution in [0.15, 0.2) is 36.7 Å². The number of allylic oxidation sites excluding steroid dienone is 2. The van der Waals surface area contributed by atoms with Gasteiger partial charge in [-0.05, 0) is 49.5 Å². The van der Waals surface area contributed by atoms with Crippen molar-refractivity contribution in [3.05, 3.63) is 47.8 Å². The topological polar surface area (TPSA) is 81.3 Å². The monoisotopic (exact) mass is 382 g/mol. The molecule has 1 aromatic heterocycles. The molecule has 1 amide bonds. The molecule has 2 aromatic rings. The van der Waals surface area contributed by atoms with Crippen LogP contribution in [-0.4, -0.2) is 29.5 Å². The van der Waals surface area contributed by atoms with E-state index in [2.05, 4.69) is 42.0 Å². The second-order valence-corrected chi connectivity index (χ2v) is 6.48. The Balaban J connectivity index is 2.33. The number of nitrogens with zero attached hydrogens (tertiary/aromatic N) is 3. The standard InChI is InChI=1S/C22H30N4O2/c1-5-8-10-16(9-6-2)17-11-13-18(14-12-17)26(7-3)22(27)19-20(23)24-15-25-21(19)28-4/h9,11-15H,5-8,10H2,1-4H3,(H2,23,24,25)/b16-9+. The van der Waals surface area contributed by atoms with E-state index in [-0.39, 0.29) is 23.2 Å². The Morgan fingerprint density at radius 3 is 2.46 bits per heavy atom. The number of nitrogen functional groups attached to an aromatic ring is 1. The highest BCUT2D eigenvalue weighted by molar-refractivity contribution is 6.10. The van der Waals surface area contributed by atoms with E-state index in [9.17, 15) is 4.79 Å². The predicted octanol–water partition coefficient (Wildman–Crippen LogP) is 4.72. The minimum absolute atomic E-state index is 0.111. The van der Waals surface area contributed by atoms with Gasteiger partial charge in [0.15, 0.2) is 0 Å². The van der Waals surface area contributed by atoms with Crippen LogP contribution in [0.4, 0.5) is 11.5 Å². The van der Waals surface area contributed by atoms with Gasteiger partial charge in [-0.15, -0.1) is 0 Å². The van der Waals surface area contributed by atoms with E-state index in [1.807, 2.05) is 19.1 Å². The van der Waals surface area contributed by atoms with Crippen LogP contribution in [0, 0.1) is 0 Å². The lowest BCUT2D eigenvalue weighted by Crippen LogP contribution is -2.32. The van der Waals surface area contributed by atoms with Crippen LogP contribution in [0.3, 0.4) is 0 Å². The molecule has 6 nitrogen and oxygen atoms in total. The number of amides is 1.